The lowest BCUT2D eigenvalue weighted by atomic mass is 10.1. The molecule has 2 N–H and O–H groups in total. The molecule has 0 fully saturated rings. The van der Waals surface area contributed by atoms with Gasteiger partial charge in [-0.05, 0) is 25.6 Å². The molecule has 0 amide bonds. The van der Waals surface area contributed by atoms with Crippen LogP contribution in [-0.2, 0) is 12.8 Å². The fourth-order valence-corrected chi connectivity index (χ4v) is 2.73. The largest absolute Gasteiger partial charge is 0.347 e. The third-order valence-corrected chi connectivity index (χ3v) is 3.92. The van der Waals surface area contributed by atoms with Gasteiger partial charge in [-0.25, -0.2) is 4.98 Å². The molecule has 86 valence electrons. The van der Waals surface area contributed by atoms with E-state index < -0.39 is 0 Å². The number of hydrogen-bond donors (Lipinski definition) is 2. The highest BCUT2D eigenvalue weighted by atomic mass is 32.1. The lowest BCUT2D eigenvalue weighted by molar-refractivity contribution is 0.567. The zero-order chi connectivity index (χ0) is 11.4. The van der Waals surface area contributed by atoms with Crippen LogP contribution in [0, 0.1) is 0 Å². The first-order chi connectivity index (χ1) is 7.83. The number of hydrogen-bond acceptors (Lipinski definition) is 3. The van der Waals surface area contributed by atoms with Crippen molar-refractivity contribution in [3.63, 3.8) is 0 Å². The number of imidazole rings is 1. The second-order valence-electron chi connectivity index (χ2n) is 3.74. The fraction of sp³-hybridized carbons (Fsp3) is 0.417. The van der Waals surface area contributed by atoms with E-state index in [9.17, 15) is 0 Å². The number of aromatic amines is 1. The molecule has 0 aliphatic carbocycles. The average Bonchev–Trinajstić information content (AvgIpc) is 2.96. The van der Waals surface area contributed by atoms with Gasteiger partial charge < -0.3 is 10.3 Å². The van der Waals surface area contributed by atoms with Crippen molar-refractivity contribution in [2.24, 2.45) is 0 Å². The van der Waals surface area contributed by atoms with Crippen molar-refractivity contribution in [3.8, 4) is 0 Å². The van der Waals surface area contributed by atoms with E-state index in [0.29, 0.717) is 0 Å². The molecule has 1 atom stereocenters. The van der Waals surface area contributed by atoms with E-state index in [0.717, 1.165) is 18.7 Å². The molecule has 0 bridgehead atoms. The standard InChI is InChI=1S/C12H17N3S/c1-3-9-4-5-10(16-9)8-11(13-2)12-14-6-7-15-12/h4-7,11,13H,3,8H2,1-2H3,(H,14,15). The minimum absolute atomic E-state index is 0.276. The smallest absolute Gasteiger partial charge is 0.123 e. The van der Waals surface area contributed by atoms with E-state index in [1.54, 1.807) is 6.20 Å². The molecule has 0 saturated heterocycles. The topological polar surface area (TPSA) is 40.7 Å². The maximum absolute atomic E-state index is 4.30. The summed E-state index contributed by atoms with van der Waals surface area (Å²) in [6, 6.07) is 4.71. The Hall–Kier alpha value is -1.13. The van der Waals surface area contributed by atoms with Crippen LogP contribution < -0.4 is 5.32 Å². The molecule has 2 aromatic rings. The quantitative estimate of drug-likeness (QED) is 0.836. The molecule has 2 heterocycles. The molecular weight excluding hydrogens is 218 g/mol. The highest BCUT2D eigenvalue weighted by molar-refractivity contribution is 7.11. The molecule has 0 saturated carbocycles. The van der Waals surface area contributed by atoms with Gasteiger partial charge >= 0.3 is 0 Å². The Morgan fingerprint density at radius 1 is 1.44 bits per heavy atom. The van der Waals surface area contributed by atoms with Gasteiger partial charge in [-0.1, -0.05) is 6.92 Å². The van der Waals surface area contributed by atoms with Crippen LogP contribution in [0.2, 0.25) is 0 Å². The van der Waals surface area contributed by atoms with E-state index in [-0.39, 0.29) is 6.04 Å². The van der Waals surface area contributed by atoms with Crippen molar-refractivity contribution in [1.82, 2.24) is 15.3 Å². The second kappa shape index (κ2) is 5.27. The van der Waals surface area contributed by atoms with Gasteiger partial charge in [0.05, 0.1) is 6.04 Å². The summed E-state index contributed by atoms with van der Waals surface area (Å²) >= 11 is 1.89. The van der Waals surface area contributed by atoms with Crippen molar-refractivity contribution < 1.29 is 0 Å². The first-order valence-corrected chi connectivity index (χ1v) is 6.39. The summed E-state index contributed by atoms with van der Waals surface area (Å²) < 4.78 is 0. The summed E-state index contributed by atoms with van der Waals surface area (Å²) in [7, 11) is 1.97. The minimum Gasteiger partial charge on any atom is -0.347 e. The molecular formula is C12H17N3S. The molecule has 2 aromatic heterocycles. The summed E-state index contributed by atoms with van der Waals surface area (Å²) in [6.07, 6.45) is 5.78. The Labute approximate surface area is 99.9 Å². The van der Waals surface area contributed by atoms with Gasteiger partial charge in [0.15, 0.2) is 0 Å². The van der Waals surface area contributed by atoms with Crippen LogP contribution >= 0.6 is 11.3 Å². The van der Waals surface area contributed by atoms with Crippen molar-refractivity contribution >= 4 is 11.3 Å². The number of nitrogens with one attached hydrogen (secondary N) is 2. The summed E-state index contributed by atoms with van der Waals surface area (Å²) in [5.74, 6) is 1.01. The Bertz CT molecular complexity index is 419. The molecule has 0 aliphatic heterocycles. The molecule has 2 rings (SSSR count). The summed E-state index contributed by atoms with van der Waals surface area (Å²) in [5, 5.41) is 3.29. The van der Waals surface area contributed by atoms with Crippen LogP contribution in [0.15, 0.2) is 24.5 Å². The second-order valence-corrected chi connectivity index (χ2v) is 4.99. The van der Waals surface area contributed by atoms with Crippen molar-refractivity contribution in [2.75, 3.05) is 7.05 Å². The lowest BCUT2D eigenvalue weighted by Crippen LogP contribution is -2.19. The molecule has 4 heteroatoms. The number of H-pyrrole nitrogens is 1. The van der Waals surface area contributed by atoms with E-state index in [1.165, 1.54) is 9.75 Å². The lowest BCUT2D eigenvalue weighted by Gasteiger charge is -2.12. The van der Waals surface area contributed by atoms with Gasteiger partial charge in [0, 0.05) is 28.6 Å². The first kappa shape index (κ1) is 11.4. The van der Waals surface area contributed by atoms with Crippen LogP contribution in [0.4, 0.5) is 0 Å². The third-order valence-electron chi connectivity index (χ3n) is 2.67. The Balaban J connectivity index is 2.07. The monoisotopic (exact) mass is 235 g/mol. The average molecular weight is 235 g/mol. The number of aromatic nitrogens is 2. The predicted octanol–water partition coefficient (Wildman–Crippen LogP) is 2.54. The highest BCUT2D eigenvalue weighted by Gasteiger charge is 2.13. The molecule has 0 aliphatic rings. The number of thiophene rings is 1. The number of aryl methyl sites for hydroxylation is 1. The van der Waals surface area contributed by atoms with Crippen LogP contribution in [0.3, 0.4) is 0 Å². The SMILES string of the molecule is CCc1ccc(CC(NC)c2ncc[nH]2)s1. The Morgan fingerprint density at radius 3 is 2.81 bits per heavy atom. The van der Waals surface area contributed by atoms with Gasteiger partial charge in [-0.2, -0.15) is 0 Å². The molecule has 0 aromatic carbocycles. The molecule has 0 radical (unpaired) electrons. The van der Waals surface area contributed by atoms with Crippen LogP contribution in [-0.4, -0.2) is 17.0 Å². The fourth-order valence-electron chi connectivity index (χ4n) is 1.73. The van der Waals surface area contributed by atoms with Crippen molar-refractivity contribution in [3.05, 3.63) is 40.1 Å². The summed E-state index contributed by atoms with van der Waals surface area (Å²) in [5.41, 5.74) is 0. The molecule has 1 unspecified atom stereocenters. The summed E-state index contributed by atoms with van der Waals surface area (Å²) in [4.78, 5) is 10.3. The van der Waals surface area contributed by atoms with Crippen LogP contribution in [0.5, 0.6) is 0 Å². The van der Waals surface area contributed by atoms with Gasteiger partial charge in [-0.15, -0.1) is 11.3 Å². The minimum atomic E-state index is 0.276. The summed E-state index contributed by atoms with van der Waals surface area (Å²) in [6.45, 7) is 2.19. The third kappa shape index (κ3) is 2.51. The maximum Gasteiger partial charge on any atom is 0.123 e. The Morgan fingerprint density at radius 2 is 2.25 bits per heavy atom. The van der Waals surface area contributed by atoms with E-state index in [1.807, 2.05) is 24.6 Å². The predicted molar refractivity (Wildman–Crippen MR) is 67.8 cm³/mol. The van der Waals surface area contributed by atoms with Crippen LogP contribution in [0.25, 0.3) is 0 Å². The van der Waals surface area contributed by atoms with Gasteiger partial charge in [0.2, 0.25) is 0 Å². The van der Waals surface area contributed by atoms with Crippen molar-refractivity contribution in [1.29, 1.82) is 0 Å². The molecule has 16 heavy (non-hydrogen) atoms. The normalized spacial score (nSPS) is 12.9. The van der Waals surface area contributed by atoms with E-state index >= 15 is 0 Å². The van der Waals surface area contributed by atoms with E-state index in [4.69, 9.17) is 0 Å². The molecule has 3 nitrogen and oxygen atoms in total. The number of rotatable bonds is 5. The van der Waals surface area contributed by atoms with Crippen LogP contribution in [0.1, 0.15) is 28.5 Å². The van der Waals surface area contributed by atoms with Crippen molar-refractivity contribution in [2.45, 2.75) is 25.8 Å². The first-order valence-electron chi connectivity index (χ1n) is 5.57. The highest BCUT2D eigenvalue weighted by Crippen LogP contribution is 2.22. The zero-order valence-electron chi connectivity index (χ0n) is 9.66. The number of nitrogens with zero attached hydrogens (tertiary/aromatic N) is 1. The molecule has 0 spiro atoms. The maximum atomic E-state index is 4.30. The Kier molecular flexibility index (Phi) is 3.74. The number of likely N-dealkylation sites (N-methyl/N-ethyl adjacent to an activating group) is 1. The van der Waals surface area contributed by atoms with Gasteiger partial charge in [-0.3, -0.25) is 0 Å². The van der Waals surface area contributed by atoms with Gasteiger partial charge in [0.25, 0.3) is 0 Å². The zero-order valence-corrected chi connectivity index (χ0v) is 10.5. The van der Waals surface area contributed by atoms with Gasteiger partial charge in [0.1, 0.15) is 5.82 Å². The van der Waals surface area contributed by atoms with E-state index in [2.05, 4.69) is 34.3 Å².